The van der Waals surface area contributed by atoms with E-state index in [0.717, 1.165) is 6.26 Å². The minimum Gasteiger partial charge on any atom is -0.340 e. The van der Waals surface area contributed by atoms with Gasteiger partial charge in [0.25, 0.3) is 5.91 Å². The number of benzene rings is 2. The van der Waals surface area contributed by atoms with Crippen LogP contribution in [-0.2, 0) is 14.6 Å². The van der Waals surface area contributed by atoms with Crippen molar-refractivity contribution in [1.29, 1.82) is 0 Å². The Labute approximate surface area is 191 Å². The van der Waals surface area contributed by atoms with Gasteiger partial charge in [-0.15, -0.1) is 0 Å². The number of amides is 2. The molecule has 9 heteroatoms. The van der Waals surface area contributed by atoms with Gasteiger partial charge in [-0.1, -0.05) is 24.3 Å². The highest BCUT2D eigenvalue weighted by Crippen LogP contribution is 2.32. The lowest BCUT2D eigenvalue weighted by molar-refractivity contribution is -0.121. The summed E-state index contributed by atoms with van der Waals surface area (Å²) in [5.41, 5.74) is 1.20. The van der Waals surface area contributed by atoms with Crippen LogP contribution in [0, 0.1) is 5.82 Å². The number of nitrogens with zero attached hydrogens (tertiary/aromatic N) is 2. The van der Waals surface area contributed by atoms with E-state index in [4.69, 9.17) is 0 Å². The lowest BCUT2D eigenvalue weighted by atomic mass is 10.0. The Hall–Kier alpha value is -3.59. The number of halogens is 1. The molecule has 1 aliphatic heterocycles. The number of anilines is 1. The molecule has 1 saturated heterocycles. The van der Waals surface area contributed by atoms with Crippen molar-refractivity contribution in [1.82, 2.24) is 10.3 Å². The molecular formula is C24H22FN3O4S. The Kier molecular flexibility index (Phi) is 6.24. The third-order valence-electron chi connectivity index (χ3n) is 5.50. The van der Waals surface area contributed by atoms with Crippen LogP contribution in [-0.4, -0.2) is 44.1 Å². The van der Waals surface area contributed by atoms with E-state index in [1.165, 1.54) is 29.3 Å². The van der Waals surface area contributed by atoms with E-state index >= 15 is 4.39 Å². The number of carbonyl (C=O) groups is 2. The molecular weight excluding hydrogens is 445 g/mol. The highest BCUT2D eigenvalue weighted by Gasteiger charge is 2.32. The van der Waals surface area contributed by atoms with Crippen molar-refractivity contribution in [3.05, 3.63) is 78.4 Å². The lowest BCUT2D eigenvalue weighted by Gasteiger charge is -2.33. The van der Waals surface area contributed by atoms with Crippen LogP contribution in [0.2, 0.25) is 0 Å². The fourth-order valence-corrected chi connectivity index (χ4v) is 4.82. The Balaban J connectivity index is 1.59. The Morgan fingerprint density at radius 1 is 1.15 bits per heavy atom. The Morgan fingerprint density at radius 2 is 1.94 bits per heavy atom. The van der Waals surface area contributed by atoms with Gasteiger partial charge in [0, 0.05) is 30.8 Å². The molecule has 0 radical (unpaired) electrons. The Bertz CT molecular complexity index is 1310. The van der Waals surface area contributed by atoms with Crippen LogP contribution in [0.4, 0.5) is 10.1 Å². The van der Waals surface area contributed by atoms with E-state index in [-0.39, 0.29) is 10.6 Å². The normalized spacial score (nSPS) is 16.5. The molecule has 33 heavy (non-hydrogen) atoms. The molecule has 1 fully saturated rings. The average molecular weight is 468 g/mol. The molecule has 1 aromatic heterocycles. The second-order valence-electron chi connectivity index (χ2n) is 7.83. The number of nitrogens with one attached hydrogen (secondary N) is 1. The first-order valence-electron chi connectivity index (χ1n) is 10.4. The first-order valence-corrected chi connectivity index (χ1v) is 12.3. The van der Waals surface area contributed by atoms with Crippen LogP contribution >= 0.6 is 0 Å². The number of carbonyl (C=O) groups excluding carboxylic acids is 2. The lowest BCUT2D eigenvalue weighted by Crippen LogP contribution is -2.52. The molecule has 1 unspecified atom stereocenters. The van der Waals surface area contributed by atoms with Crippen LogP contribution in [0.3, 0.4) is 0 Å². The molecule has 1 aliphatic rings. The van der Waals surface area contributed by atoms with Crippen molar-refractivity contribution in [2.75, 3.05) is 17.7 Å². The zero-order valence-corrected chi connectivity index (χ0v) is 18.7. The second kappa shape index (κ2) is 9.11. The summed E-state index contributed by atoms with van der Waals surface area (Å²) < 4.78 is 39.4. The van der Waals surface area contributed by atoms with Crippen LogP contribution in [0.5, 0.6) is 0 Å². The van der Waals surface area contributed by atoms with E-state index in [2.05, 4.69) is 10.3 Å². The molecule has 0 bridgehead atoms. The van der Waals surface area contributed by atoms with Gasteiger partial charge in [-0.2, -0.15) is 0 Å². The monoisotopic (exact) mass is 467 g/mol. The maximum Gasteiger partial charge on any atom is 0.253 e. The van der Waals surface area contributed by atoms with Gasteiger partial charge in [-0.05, 0) is 48.7 Å². The standard InChI is InChI=1S/C24H22FN3O4S/c1-33(31,32)22-9-3-2-7-18(22)16-10-11-21(19(25)14-16)28-13-5-8-20(24(28)30)27-23(29)17-6-4-12-26-15-17/h2-4,6-7,9-12,14-15,20H,5,8,13H2,1H3,(H,27,29). The van der Waals surface area contributed by atoms with Crippen molar-refractivity contribution < 1.29 is 22.4 Å². The summed E-state index contributed by atoms with van der Waals surface area (Å²) in [6.07, 6.45) is 5.09. The van der Waals surface area contributed by atoms with Crippen LogP contribution < -0.4 is 10.2 Å². The molecule has 1 atom stereocenters. The third-order valence-corrected chi connectivity index (χ3v) is 6.66. The topological polar surface area (TPSA) is 96.4 Å². The van der Waals surface area contributed by atoms with E-state index in [1.807, 2.05) is 0 Å². The van der Waals surface area contributed by atoms with E-state index in [9.17, 15) is 18.0 Å². The van der Waals surface area contributed by atoms with Crippen LogP contribution in [0.15, 0.2) is 71.9 Å². The summed E-state index contributed by atoms with van der Waals surface area (Å²) in [5.74, 6) is -1.47. The van der Waals surface area contributed by atoms with E-state index in [1.54, 1.807) is 42.6 Å². The van der Waals surface area contributed by atoms with Crippen LogP contribution in [0.25, 0.3) is 11.1 Å². The highest BCUT2D eigenvalue weighted by molar-refractivity contribution is 7.90. The SMILES string of the molecule is CS(=O)(=O)c1ccccc1-c1ccc(N2CCCC(NC(=O)c3cccnc3)C2=O)c(F)c1. The predicted molar refractivity (Wildman–Crippen MR) is 122 cm³/mol. The van der Waals surface area contributed by atoms with Crippen molar-refractivity contribution >= 4 is 27.3 Å². The Morgan fingerprint density at radius 3 is 2.64 bits per heavy atom. The largest absolute Gasteiger partial charge is 0.340 e. The zero-order chi connectivity index (χ0) is 23.6. The van der Waals surface area contributed by atoms with Gasteiger partial charge in [0.1, 0.15) is 11.9 Å². The molecule has 2 heterocycles. The van der Waals surface area contributed by atoms with Gasteiger partial charge in [-0.3, -0.25) is 14.6 Å². The smallest absolute Gasteiger partial charge is 0.253 e. The second-order valence-corrected chi connectivity index (χ2v) is 9.82. The minimum atomic E-state index is -3.51. The fraction of sp³-hybridized carbons (Fsp3) is 0.208. The highest BCUT2D eigenvalue weighted by atomic mass is 32.2. The number of hydrogen-bond donors (Lipinski definition) is 1. The first kappa shape index (κ1) is 22.6. The number of sulfone groups is 1. The van der Waals surface area contributed by atoms with Gasteiger partial charge in [0.05, 0.1) is 16.1 Å². The summed E-state index contributed by atoms with van der Waals surface area (Å²) in [7, 11) is -3.51. The van der Waals surface area contributed by atoms with Gasteiger partial charge in [0.2, 0.25) is 5.91 Å². The maximum atomic E-state index is 15.1. The molecule has 0 spiro atoms. The van der Waals surface area contributed by atoms with Gasteiger partial charge < -0.3 is 10.2 Å². The number of pyridine rings is 1. The molecule has 2 aromatic carbocycles. The predicted octanol–water partition coefficient (Wildman–Crippen LogP) is 3.22. The molecule has 3 aromatic rings. The van der Waals surface area contributed by atoms with Crippen molar-refractivity contribution in [3.63, 3.8) is 0 Å². The minimum absolute atomic E-state index is 0.0842. The summed E-state index contributed by atoms with van der Waals surface area (Å²) in [5, 5.41) is 2.71. The number of rotatable bonds is 5. The summed E-state index contributed by atoms with van der Waals surface area (Å²) in [6, 6.07) is 13.1. The van der Waals surface area contributed by atoms with Crippen molar-refractivity contribution in [2.45, 2.75) is 23.8 Å². The van der Waals surface area contributed by atoms with E-state index < -0.39 is 33.5 Å². The average Bonchev–Trinajstić information content (AvgIpc) is 2.80. The molecule has 7 nitrogen and oxygen atoms in total. The molecule has 170 valence electrons. The molecule has 4 rings (SSSR count). The molecule has 1 N–H and O–H groups in total. The summed E-state index contributed by atoms with van der Waals surface area (Å²) in [6.45, 7) is 0.314. The molecule has 0 aliphatic carbocycles. The maximum absolute atomic E-state index is 15.1. The summed E-state index contributed by atoms with van der Waals surface area (Å²) >= 11 is 0. The van der Waals surface area contributed by atoms with Gasteiger partial charge >= 0.3 is 0 Å². The third kappa shape index (κ3) is 4.78. The number of hydrogen-bond acceptors (Lipinski definition) is 5. The van der Waals surface area contributed by atoms with Gasteiger partial charge in [0.15, 0.2) is 9.84 Å². The van der Waals surface area contributed by atoms with Crippen molar-refractivity contribution in [3.8, 4) is 11.1 Å². The molecule has 0 saturated carbocycles. The zero-order valence-electron chi connectivity index (χ0n) is 17.9. The number of piperidine rings is 1. The first-order chi connectivity index (χ1) is 15.8. The van der Waals surface area contributed by atoms with E-state index in [0.29, 0.717) is 36.1 Å². The number of aromatic nitrogens is 1. The fourth-order valence-electron chi connectivity index (χ4n) is 3.91. The van der Waals surface area contributed by atoms with Gasteiger partial charge in [-0.25, -0.2) is 12.8 Å². The molecule has 2 amide bonds. The summed E-state index contributed by atoms with van der Waals surface area (Å²) in [4.78, 5) is 30.8. The van der Waals surface area contributed by atoms with Crippen LogP contribution in [0.1, 0.15) is 23.2 Å². The quantitative estimate of drug-likeness (QED) is 0.622. The van der Waals surface area contributed by atoms with Crippen molar-refractivity contribution in [2.24, 2.45) is 0 Å².